The highest BCUT2D eigenvalue weighted by molar-refractivity contribution is 7.92. The summed E-state index contributed by atoms with van der Waals surface area (Å²) in [6.45, 7) is 7.17. The molecule has 32 heavy (non-hydrogen) atoms. The Morgan fingerprint density at radius 2 is 1.88 bits per heavy atom. The molecule has 0 fully saturated rings. The Kier molecular flexibility index (Phi) is 6.73. The molecule has 2 heterocycles. The van der Waals surface area contributed by atoms with Gasteiger partial charge in [0.25, 0.3) is 15.6 Å². The molecule has 0 spiro atoms. The van der Waals surface area contributed by atoms with Crippen molar-refractivity contribution in [1.29, 1.82) is 0 Å². The first-order valence-electron chi connectivity index (χ1n) is 10.3. The van der Waals surface area contributed by atoms with E-state index in [0.717, 1.165) is 9.87 Å². The standard InChI is InChI=1S/C22H27N3O6S/c1-6-31-21(27)16-11-12-24(32(28,29)17-9-7-15(4)8-10-17)19-18(13-16)20(26)25(14(2)3)22(23-19)30-5/h7-10,13-14H,6,11-12H2,1-5H3. The molecule has 0 bridgehead atoms. The van der Waals surface area contributed by atoms with Crippen molar-refractivity contribution in [2.24, 2.45) is 0 Å². The lowest BCUT2D eigenvalue weighted by Crippen LogP contribution is -2.36. The minimum Gasteiger partial charge on any atom is -0.468 e. The molecule has 1 aliphatic heterocycles. The summed E-state index contributed by atoms with van der Waals surface area (Å²) in [4.78, 5) is 30.3. The molecule has 2 aromatic rings. The number of aromatic nitrogens is 2. The van der Waals surface area contributed by atoms with Crippen LogP contribution in [0, 0.1) is 6.92 Å². The number of sulfonamides is 1. The number of anilines is 1. The third-order valence-electron chi connectivity index (χ3n) is 5.08. The Morgan fingerprint density at radius 1 is 1.22 bits per heavy atom. The second kappa shape index (κ2) is 9.15. The monoisotopic (exact) mass is 461 g/mol. The number of methoxy groups -OCH3 is 1. The fourth-order valence-electron chi connectivity index (χ4n) is 3.46. The molecule has 1 aliphatic rings. The quantitative estimate of drug-likeness (QED) is 0.609. The van der Waals surface area contributed by atoms with Gasteiger partial charge in [-0.3, -0.25) is 9.36 Å². The second-order valence-electron chi connectivity index (χ2n) is 7.63. The second-order valence-corrected chi connectivity index (χ2v) is 9.50. The van der Waals surface area contributed by atoms with Crippen LogP contribution in [-0.4, -0.2) is 44.2 Å². The summed E-state index contributed by atoms with van der Waals surface area (Å²) in [5.74, 6) is -0.678. The molecule has 0 amide bonds. The summed E-state index contributed by atoms with van der Waals surface area (Å²) in [5, 5.41) is 0. The zero-order valence-corrected chi connectivity index (χ0v) is 19.6. The van der Waals surface area contributed by atoms with Gasteiger partial charge in [-0.2, -0.15) is 4.98 Å². The number of benzene rings is 1. The Balaban J connectivity index is 2.28. The Morgan fingerprint density at radius 3 is 2.44 bits per heavy atom. The minimum absolute atomic E-state index is 0.00394. The average Bonchev–Trinajstić information content (AvgIpc) is 2.94. The van der Waals surface area contributed by atoms with E-state index in [2.05, 4.69) is 4.98 Å². The molecule has 0 aliphatic carbocycles. The van der Waals surface area contributed by atoms with Crippen molar-refractivity contribution in [3.8, 4) is 6.01 Å². The molecular formula is C22H27N3O6S. The first kappa shape index (κ1) is 23.5. The molecular weight excluding hydrogens is 434 g/mol. The van der Waals surface area contributed by atoms with Gasteiger partial charge in [-0.05, 0) is 52.3 Å². The third-order valence-corrected chi connectivity index (χ3v) is 6.89. The van der Waals surface area contributed by atoms with Crippen LogP contribution < -0.4 is 14.6 Å². The summed E-state index contributed by atoms with van der Waals surface area (Å²) < 4.78 is 39.9. The zero-order valence-electron chi connectivity index (χ0n) is 18.8. The number of aryl methyl sites for hydroxylation is 1. The van der Waals surface area contributed by atoms with Gasteiger partial charge in [0.05, 0.1) is 24.2 Å². The van der Waals surface area contributed by atoms with Crippen molar-refractivity contribution < 1.29 is 22.7 Å². The van der Waals surface area contributed by atoms with Gasteiger partial charge in [0.15, 0.2) is 5.82 Å². The Hall–Kier alpha value is -3.14. The molecule has 3 rings (SSSR count). The largest absolute Gasteiger partial charge is 0.468 e. The van der Waals surface area contributed by atoms with Crippen LogP contribution in [0.2, 0.25) is 0 Å². The molecule has 1 aromatic heterocycles. The number of carbonyl (C=O) groups is 1. The molecule has 172 valence electrons. The van der Waals surface area contributed by atoms with Crippen molar-refractivity contribution in [2.45, 2.75) is 45.1 Å². The van der Waals surface area contributed by atoms with E-state index in [-0.39, 0.29) is 53.5 Å². The molecule has 0 saturated carbocycles. The number of hydrogen-bond acceptors (Lipinski definition) is 7. The van der Waals surface area contributed by atoms with Gasteiger partial charge in [-0.25, -0.2) is 17.5 Å². The van der Waals surface area contributed by atoms with Gasteiger partial charge in [0.2, 0.25) is 0 Å². The van der Waals surface area contributed by atoms with E-state index >= 15 is 0 Å². The predicted molar refractivity (Wildman–Crippen MR) is 120 cm³/mol. The smallest absolute Gasteiger partial charge is 0.334 e. The van der Waals surface area contributed by atoms with Crippen LogP contribution in [0.1, 0.15) is 44.4 Å². The molecule has 0 N–H and O–H groups in total. The normalized spacial score (nSPS) is 13.9. The number of rotatable bonds is 6. The van der Waals surface area contributed by atoms with Crippen LogP contribution in [0.25, 0.3) is 6.08 Å². The maximum Gasteiger partial charge on any atom is 0.334 e. The summed E-state index contributed by atoms with van der Waals surface area (Å²) in [5.41, 5.74) is 0.602. The first-order valence-corrected chi connectivity index (χ1v) is 11.7. The maximum absolute atomic E-state index is 13.5. The first-order chi connectivity index (χ1) is 15.1. The van der Waals surface area contributed by atoms with Crippen molar-refractivity contribution in [2.75, 3.05) is 24.6 Å². The highest BCUT2D eigenvalue weighted by atomic mass is 32.2. The van der Waals surface area contributed by atoms with Gasteiger partial charge in [0.1, 0.15) is 0 Å². The number of carbonyl (C=O) groups excluding carboxylic acids is 1. The summed E-state index contributed by atoms with van der Waals surface area (Å²) in [7, 11) is -2.71. The number of nitrogens with zero attached hydrogens (tertiary/aromatic N) is 3. The van der Waals surface area contributed by atoms with Gasteiger partial charge < -0.3 is 9.47 Å². The lowest BCUT2D eigenvalue weighted by atomic mass is 10.1. The topological polar surface area (TPSA) is 108 Å². The minimum atomic E-state index is -4.07. The SMILES string of the molecule is CCOC(=O)C1=Cc2c(nc(OC)n(C(C)C)c2=O)N(S(=O)(=O)c2ccc(C)cc2)CC1. The van der Waals surface area contributed by atoms with E-state index in [1.54, 1.807) is 32.9 Å². The van der Waals surface area contributed by atoms with E-state index in [1.165, 1.54) is 29.9 Å². The summed E-state index contributed by atoms with van der Waals surface area (Å²) in [6.07, 6.45) is 1.44. The molecule has 10 heteroatoms. The fraction of sp³-hybridized carbons (Fsp3) is 0.409. The number of hydrogen-bond donors (Lipinski definition) is 0. The van der Waals surface area contributed by atoms with Crippen molar-refractivity contribution >= 4 is 27.9 Å². The molecule has 0 saturated heterocycles. The van der Waals surface area contributed by atoms with Crippen LogP contribution in [0.5, 0.6) is 6.01 Å². The number of fused-ring (bicyclic) bond motifs is 1. The van der Waals surface area contributed by atoms with Gasteiger partial charge in [-0.15, -0.1) is 0 Å². The van der Waals surface area contributed by atoms with Gasteiger partial charge >= 0.3 is 12.0 Å². The molecule has 0 radical (unpaired) electrons. The highest BCUT2D eigenvalue weighted by Crippen LogP contribution is 2.32. The van der Waals surface area contributed by atoms with Gasteiger partial charge in [-0.1, -0.05) is 17.7 Å². The molecule has 0 unspecified atom stereocenters. The number of esters is 1. The van der Waals surface area contributed by atoms with Crippen molar-refractivity contribution in [3.63, 3.8) is 0 Å². The predicted octanol–water partition coefficient (Wildman–Crippen LogP) is 2.69. The lowest BCUT2D eigenvalue weighted by Gasteiger charge is -2.25. The van der Waals surface area contributed by atoms with E-state index in [0.29, 0.717) is 0 Å². The molecule has 0 atom stereocenters. The van der Waals surface area contributed by atoms with E-state index in [1.807, 2.05) is 6.92 Å². The van der Waals surface area contributed by atoms with Crippen LogP contribution in [-0.2, 0) is 19.6 Å². The van der Waals surface area contributed by atoms with Crippen LogP contribution >= 0.6 is 0 Å². The summed E-state index contributed by atoms with van der Waals surface area (Å²) in [6, 6.07) is 6.07. The number of ether oxygens (including phenoxy) is 2. The molecule has 1 aromatic carbocycles. The zero-order chi connectivity index (χ0) is 23.6. The lowest BCUT2D eigenvalue weighted by molar-refractivity contribution is -0.138. The summed E-state index contributed by atoms with van der Waals surface area (Å²) >= 11 is 0. The third kappa shape index (κ3) is 4.27. The van der Waals surface area contributed by atoms with Crippen molar-refractivity contribution in [1.82, 2.24) is 9.55 Å². The van der Waals surface area contributed by atoms with Crippen LogP contribution in [0.3, 0.4) is 0 Å². The van der Waals surface area contributed by atoms with Gasteiger partial charge in [0, 0.05) is 18.2 Å². The highest BCUT2D eigenvalue weighted by Gasteiger charge is 2.34. The van der Waals surface area contributed by atoms with E-state index < -0.39 is 21.6 Å². The maximum atomic E-state index is 13.5. The van der Waals surface area contributed by atoms with Crippen LogP contribution in [0.4, 0.5) is 5.82 Å². The van der Waals surface area contributed by atoms with Crippen molar-refractivity contribution in [3.05, 3.63) is 51.3 Å². The fourth-order valence-corrected chi connectivity index (χ4v) is 4.90. The van der Waals surface area contributed by atoms with E-state index in [4.69, 9.17) is 9.47 Å². The Bertz CT molecular complexity index is 1210. The molecule has 9 nitrogen and oxygen atoms in total. The van der Waals surface area contributed by atoms with E-state index in [9.17, 15) is 18.0 Å². The Labute approximate surface area is 187 Å². The van der Waals surface area contributed by atoms with Crippen LogP contribution in [0.15, 0.2) is 39.5 Å². The average molecular weight is 462 g/mol.